The highest BCUT2D eigenvalue weighted by atomic mass is 19.4. The van der Waals surface area contributed by atoms with E-state index in [-0.39, 0.29) is 18.2 Å². The number of nitrogens with zero attached hydrogens (tertiary/aromatic N) is 4. The van der Waals surface area contributed by atoms with Crippen LogP contribution in [0.2, 0.25) is 0 Å². The minimum atomic E-state index is -4.43. The van der Waals surface area contributed by atoms with E-state index in [2.05, 4.69) is 20.4 Å². The van der Waals surface area contributed by atoms with Crippen molar-refractivity contribution < 1.29 is 22.7 Å². The van der Waals surface area contributed by atoms with Gasteiger partial charge in [-0.25, -0.2) is 4.98 Å². The van der Waals surface area contributed by atoms with Gasteiger partial charge in [0.2, 0.25) is 11.8 Å². The van der Waals surface area contributed by atoms with Gasteiger partial charge < -0.3 is 10.1 Å². The molecule has 7 nitrogen and oxygen atoms in total. The second-order valence-corrected chi connectivity index (χ2v) is 6.23. The number of hydrogen-bond acceptors (Lipinski definition) is 5. The van der Waals surface area contributed by atoms with Crippen LogP contribution in [0.15, 0.2) is 30.6 Å². The number of halogens is 3. The molecule has 1 amide bonds. The Morgan fingerprint density at radius 3 is 2.82 bits per heavy atom. The molecule has 0 radical (unpaired) electrons. The Balaban J connectivity index is 1.83. The van der Waals surface area contributed by atoms with Crippen LogP contribution in [0.25, 0.3) is 10.9 Å². The molecule has 0 fully saturated rings. The van der Waals surface area contributed by atoms with Gasteiger partial charge in [0.1, 0.15) is 0 Å². The number of ether oxygens (including phenoxy) is 1. The molecule has 0 unspecified atom stereocenters. The van der Waals surface area contributed by atoms with Crippen molar-refractivity contribution in [3.63, 3.8) is 0 Å². The van der Waals surface area contributed by atoms with E-state index in [9.17, 15) is 18.0 Å². The third kappa shape index (κ3) is 4.96. The van der Waals surface area contributed by atoms with E-state index >= 15 is 0 Å². The van der Waals surface area contributed by atoms with Crippen LogP contribution in [-0.2, 0) is 17.8 Å². The Hall–Kier alpha value is -3.17. The molecule has 0 aliphatic carbocycles. The first-order valence-electron chi connectivity index (χ1n) is 8.42. The van der Waals surface area contributed by atoms with E-state index in [0.29, 0.717) is 29.0 Å². The van der Waals surface area contributed by atoms with Crippen LogP contribution in [0.4, 0.5) is 13.2 Å². The van der Waals surface area contributed by atoms with Gasteiger partial charge in [-0.1, -0.05) is 0 Å². The van der Waals surface area contributed by atoms with Crippen LogP contribution in [0, 0.1) is 6.92 Å². The van der Waals surface area contributed by atoms with Gasteiger partial charge in [-0.05, 0) is 24.6 Å². The molecular formula is C18H18F3N5O2. The summed E-state index contributed by atoms with van der Waals surface area (Å²) in [6.45, 7) is 0.581. The van der Waals surface area contributed by atoms with Gasteiger partial charge in [-0.2, -0.15) is 18.3 Å². The van der Waals surface area contributed by atoms with Gasteiger partial charge in [0.15, 0.2) is 6.61 Å². The summed E-state index contributed by atoms with van der Waals surface area (Å²) in [4.78, 5) is 19.9. The number of pyridine rings is 2. The molecule has 3 rings (SSSR count). The molecule has 3 heterocycles. The zero-order valence-corrected chi connectivity index (χ0v) is 15.2. The fraction of sp³-hybridized carbons (Fsp3) is 0.333. The maximum atomic E-state index is 12.4. The highest BCUT2D eigenvalue weighted by Gasteiger charge is 2.28. The molecule has 0 saturated heterocycles. The Kier molecular flexibility index (Phi) is 5.48. The molecule has 1 N–H and O–H groups in total. The molecule has 0 bridgehead atoms. The van der Waals surface area contributed by atoms with Crippen LogP contribution in [-0.4, -0.2) is 45.5 Å². The summed E-state index contributed by atoms with van der Waals surface area (Å²) in [5.41, 5.74) is 2.50. The van der Waals surface area contributed by atoms with Crippen LogP contribution < -0.4 is 10.1 Å². The van der Waals surface area contributed by atoms with E-state index in [0.717, 1.165) is 5.39 Å². The Morgan fingerprint density at radius 1 is 1.32 bits per heavy atom. The first kappa shape index (κ1) is 19.6. The van der Waals surface area contributed by atoms with Gasteiger partial charge in [0.05, 0.1) is 24.2 Å². The third-order valence-corrected chi connectivity index (χ3v) is 3.89. The number of aryl methyl sites for hydroxylation is 1. The number of fused-ring (bicyclic) bond motifs is 1. The lowest BCUT2D eigenvalue weighted by Crippen LogP contribution is -2.20. The molecule has 148 valence electrons. The second kappa shape index (κ2) is 7.83. The zero-order chi connectivity index (χ0) is 20.3. The molecule has 0 spiro atoms. The quantitative estimate of drug-likeness (QED) is 0.696. The number of hydrogen-bond donors (Lipinski definition) is 1. The Bertz CT molecular complexity index is 1000. The van der Waals surface area contributed by atoms with Gasteiger partial charge in [0, 0.05) is 36.6 Å². The summed E-state index contributed by atoms with van der Waals surface area (Å²) in [6.07, 6.45) is -0.965. The standard InChI is InChI=1S/C18H18F3N5O2/c1-11-5-12(6-17(24-11)28-10-18(19,20)21)8-26-9-13-14(25-26)3-4-23-15(13)7-16(27)22-2/h3-6,9H,7-8,10H2,1-2H3,(H,22,27). The first-order chi connectivity index (χ1) is 13.2. The Labute approximate surface area is 158 Å². The van der Waals surface area contributed by atoms with Crippen LogP contribution >= 0.6 is 0 Å². The topological polar surface area (TPSA) is 81.9 Å². The smallest absolute Gasteiger partial charge is 0.422 e. The Morgan fingerprint density at radius 2 is 2.11 bits per heavy atom. The molecule has 0 atom stereocenters. The summed E-state index contributed by atoms with van der Waals surface area (Å²) in [5.74, 6) is -0.255. The number of carbonyl (C=O) groups is 1. The van der Waals surface area contributed by atoms with Crippen molar-refractivity contribution in [2.24, 2.45) is 0 Å². The molecular weight excluding hydrogens is 375 g/mol. The summed E-state index contributed by atoms with van der Waals surface area (Å²) in [5, 5.41) is 7.74. The predicted molar refractivity (Wildman–Crippen MR) is 94.9 cm³/mol. The largest absolute Gasteiger partial charge is 0.468 e. The van der Waals surface area contributed by atoms with Crippen LogP contribution in [0.3, 0.4) is 0 Å². The molecule has 0 saturated carbocycles. The number of amides is 1. The van der Waals surface area contributed by atoms with Crippen molar-refractivity contribution >= 4 is 16.8 Å². The van der Waals surface area contributed by atoms with E-state index in [1.54, 1.807) is 43.2 Å². The van der Waals surface area contributed by atoms with Crippen molar-refractivity contribution in [2.75, 3.05) is 13.7 Å². The minimum Gasteiger partial charge on any atom is -0.468 e. The highest BCUT2D eigenvalue weighted by molar-refractivity contribution is 5.86. The second-order valence-electron chi connectivity index (χ2n) is 6.23. The summed E-state index contributed by atoms with van der Waals surface area (Å²) >= 11 is 0. The van der Waals surface area contributed by atoms with Crippen molar-refractivity contribution in [1.29, 1.82) is 0 Å². The molecule has 3 aromatic heterocycles. The minimum absolute atomic E-state index is 0.0917. The lowest BCUT2D eigenvalue weighted by atomic mass is 10.2. The van der Waals surface area contributed by atoms with E-state index < -0.39 is 12.8 Å². The number of nitrogens with one attached hydrogen (secondary N) is 1. The van der Waals surface area contributed by atoms with Crippen LogP contribution in [0.5, 0.6) is 5.88 Å². The first-order valence-corrected chi connectivity index (χ1v) is 8.42. The number of likely N-dealkylation sites (N-methyl/N-ethyl adjacent to an activating group) is 1. The van der Waals surface area contributed by atoms with E-state index in [1.807, 2.05) is 0 Å². The number of rotatable bonds is 6. The van der Waals surface area contributed by atoms with Crippen molar-refractivity contribution in [1.82, 2.24) is 25.1 Å². The normalized spacial score (nSPS) is 11.6. The van der Waals surface area contributed by atoms with Gasteiger partial charge in [-0.15, -0.1) is 0 Å². The molecule has 10 heteroatoms. The summed E-state index contributed by atoms with van der Waals surface area (Å²) < 4.78 is 43.5. The van der Waals surface area contributed by atoms with Gasteiger partial charge in [0.25, 0.3) is 0 Å². The molecule has 0 aliphatic rings. The summed E-state index contributed by atoms with van der Waals surface area (Å²) in [7, 11) is 1.55. The van der Waals surface area contributed by atoms with E-state index in [4.69, 9.17) is 4.74 Å². The van der Waals surface area contributed by atoms with Crippen molar-refractivity contribution in [2.45, 2.75) is 26.1 Å². The van der Waals surface area contributed by atoms with Crippen LogP contribution in [0.1, 0.15) is 17.0 Å². The number of carbonyl (C=O) groups excluding carboxylic acids is 1. The molecule has 3 aromatic rings. The molecule has 28 heavy (non-hydrogen) atoms. The average molecular weight is 393 g/mol. The number of alkyl halides is 3. The lowest BCUT2D eigenvalue weighted by Gasteiger charge is -2.10. The predicted octanol–water partition coefficient (Wildman–Crippen LogP) is 2.41. The zero-order valence-electron chi connectivity index (χ0n) is 15.2. The van der Waals surface area contributed by atoms with Crippen molar-refractivity contribution in [3.8, 4) is 5.88 Å². The maximum Gasteiger partial charge on any atom is 0.422 e. The fourth-order valence-corrected chi connectivity index (χ4v) is 2.73. The molecule has 0 aliphatic heterocycles. The SMILES string of the molecule is CNC(=O)Cc1nccc2nn(Cc3cc(C)nc(OCC(F)(F)F)c3)cc12. The van der Waals surface area contributed by atoms with Gasteiger partial charge in [-0.3, -0.25) is 14.5 Å². The van der Waals surface area contributed by atoms with Gasteiger partial charge >= 0.3 is 6.18 Å². The fourth-order valence-electron chi connectivity index (χ4n) is 2.73. The lowest BCUT2D eigenvalue weighted by molar-refractivity contribution is -0.154. The maximum absolute atomic E-state index is 12.4. The van der Waals surface area contributed by atoms with Crippen molar-refractivity contribution in [3.05, 3.63) is 47.5 Å². The average Bonchev–Trinajstić information content (AvgIpc) is 3.02. The number of aromatic nitrogens is 4. The molecule has 0 aromatic carbocycles. The monoisotopic (exact) mass is 393 g/mol. The highest BCUT2D eigenvalue weighted by Crippen LogP contribution is 2.20. The summed E-state index contributed by atoms with van der Waals surface area (Å²) in [6, 6.07) is 4.93. The third-order valence-electron chi connectivity index (χ3n) is 3.89. The van der Waals surface area contributed by atoms with E-state index in [1.165, 1.54) is 6.07 Å².